The van der Waals surface area contributed by atoms with Crippen LogP contribution in [0.25, 0.3) is 0 Å². The Balaban J connectivity index is 1.85. The number of nitrogens with one attached hydrogen (secondary N) is 1. The lowest BCUT2D eigenvalue weighted by Crippen LogP contribution is -2.45. The maximum absolute atomic E-state index is 5.87. The van der Waals surface area contributed by atoms with Crippen molar-refractivity contribution in [3.63, 3.8) is 0 Å². The van der Waals surface area contributed by atoms with Crippen molar-refractivity contribution in [2.24, 2.45) is 29.5 Å². The van der Waals surface area contributed by atoms with Crippen molar-refractivity contribution in [3.05, 3.63) is 0 Å². The Kier molecular flexibility index (Phi) is 6.15. The van der Waals surface area contributed by atoms with Gasteiger partial charge in [0.25, 0.3) is 0 Å². The first kappa shape index (κ1) is 15.3. The molecule has 3 N–H and O–H groups in total. The summed E-state index contributed by atoms with van der Waals surface area (Å²) in [5.41, 5.74) is 3.16. The minimum atomic E-state index is 0.560. The second-order valence-electron chi connectivity index (χ2n) is 7.28. The molecule has 0 aromatic rings. The largest absolute Gasteiger partial charge is 0.271 e. The van der Waals surface area contributed by atoms with Gasteiger partial charge in [-0.3, -0.25) is 11.3 Å². The van der Waals surface area contributed by atoms with E-state index >= 15 is 0 Å². The van der Waals surface area contributed by atoms with E-state index in [1.165, 1.54) is 64.2 Å². The average Bonchev–Trinajstić information content (AvgIpc) is 2.44. The Morgan fingerprint density at radius 2 is 1.84 bits per heavy atom. The fourth-order valence-corrected chi connectivity index (χ4v) is 4.72. The summed E-state index contributed by atoms with van der Waals surface area (Å²) in [6, 6.07) is 0.560. The minimum Gasteiger partial charge on any atom is -0.271 e. The van der Waals surface area contributed by atoms with Gasteiger partial charge in [0, 0.05) is 6.04 Å². The molecule has 0 amide bonds. The van der Waals surface area contributed by atoms with Crippen molar-refractivity contribution < 1.29 is 0 Å². The van der Waals surface area contributed by atoms with Gasteiger partial charge in [-0.2, -0.15) is 0 Å². The fraction of sp³-hybridized carbons (Fsp3) is 1.00. The van der Waals surface area contributed by atoms with Gasteiger partial charge in [0.2, 0.25) is 0 Å². The van der Waals surface area contributed by atoms with Gasteiger partial charge in [0.05, 0.1) is 0 Å². The molecule has 0 saturated heterocycles. The van der Waals surface area contributed by atoms with E-state index in [1.54, 1.807) is 0 Å². The summed E-state index contributed by atoms with van der Waals surface area (Å²) in [5, 5.41) is 0. The molecule has 2 aliphatic carbocycles. The number of rotatable bonds is 6. The van der Waals surface area contributed by atoms with Gasteiger partial charge in [-0.25, -0.2) is 0 Å². The molecule has 112 valence electrons. The fourth-order valence-electron chi connectivity index (χ4n) is 4.72. The molecule has 0 spiro atoms. The predicted molar refractivity (Wildman–Crippen MR) is 82.6 cm³/mol. The van der Waals surface area contributed by atoms with Crippen LogP contribution in [0.2, 0.25) is 0 Å². The van der Waals surface area contributed by atoms with Gasteiger partial charge in [-0.1, -0.05) is 52.4 Å². The molecule has 0 aromatic carbocycles. The first-order valence-corrected chi connectivity index (χ1v) is 8.70. The highest BCUT2D eigenvalue weighted by Crippen LogP contribution is 2.44. The normalized spacial score (nSPS) is 34.6. The van der Waals surface area contributed by atoms with Crippen LogP contribution in [0.15, 0.2) is 0 Å². The van der Waals surface area contributed by atoms with E-state index in [0.717, 1.165) is 23.7 Å². The number of hydrazine groups is 1. The summed E-state index contributed by atoms with van der Waals surface area (Å²) in [4.78, 5) is 0. The SMILES string of the molecule is CCCC(C)CC(NN)C1CCC2CCCCC2C1. The number of fused-ring (bicyclic) bond motifs is 1. The number of nitrogens with two attached hydrogens (primary N) is 1. The van der Waals surface area contributed by atoms with Crippen molar-refractivity contribution in [1.29, 1.82) is 0 Å². The summed E-state index contributed by atoms with van der Waals surface area (Å²) < 4.78 is 0. The van der Waals surface area contributed by atoms with Crippen LogP contribution < -0.4 is 11.3 Å². The highest BCUT2D eigenvalue weighted by molar-refractivity contribution is 4.88. The molecule has 0 aliphatic heterocycles. The van der Waals surface area contributed by atoms with Crippen molar-refractivity contribution in [1.82, 2.24) is 5.43 Å². The maximum atomic E-state index is 5.87. The Bertz CT molecular complexity index is 254. The first-order valence-electron chi connectivity index (χ1n) is 8.70. The Morgan fingerprint density at radius 3 is 2.53 bits per heavy atom. The number of hydrogen-bond donors (Lipinski definition) is 2. The highest BCUT2D eigenvalue weighted by atomic mass is 15.2. The van der Waals surface area contributed by atoms with Crippen LogP contribution in [0.3, 0.4) is 0 Å². The van der Waals surface area contributed by atoms with Gasteiger partial charge < -0.3 is 0 Å². The molecule has 19 heavy (non-hydrogen) atoms. The van der Waals surface area contributed by atoms with E-state index in [4.69, 9.17) is 5.84 Å². The van der Waals surface area contributed by atoms with Crippen LogP contribution in [0, 0.1) is 23.7 Å². The van der Waals surface area contributed by atoms with Gasteiger partial charge in [0.15, 0.2) is 0 Å². The van der Waals surface area contributed by atoms with Crippen LogP contribution in [-0.4, -0.2) is 6.04 Å². The summed E-state index contributed by atoms with van der Waals surface area (Å²) in [5.74, 6) is 9.59. The highest BCUT2D eigenvalue weighted by Gasteiger charge is 2.35. The topological polar surface area (TPSA) is 38.0 Å². The molecule has 2 rings (SSSR count). The van der Waals surface area contributed by atoms with Crippen molar-refractivity contribution in [2.75, 3.05) is 0 Å². The zero-order valence-corrected chi connectivity index (χ0v) is 13.0. The van der Waals surface area contributed by atoms with Crippen LogP contribution in [0.5, 0.6) is 0 Å². The van der Waals surface area contributed by atoms with E-state index in [-0.39, 0.29) is 0 Å². The van der Waals surface area contributed by atoms with Crippen LogP contribution in [0.1, 0.15) is 78.1 Å². The molecule has 5 unspecified atom stereocenters. The Labute approximate surface area is 119 Å². The molecular formula is C17H34N2. The molecular weight excluding hydrogens is 232 g/mol. The van der Waals surface area contributed by atoms with Crippen molar-refractivity contribution in [2.45, 2.75) is 84.1 Å². The molecule has 2 nitrogen and oxygen atoms in total. The van der Waals surface area contributed by atoms with Crippen molar-refractivity contribution in [3.8, 4) is 0 Å². The number of hydrogen-bond acceptors (Lipinski definition) is 2. The quantitative estimate of drug-likeness (QED) is 0.557. The molecule has 0 aromatic heterocycles. The smallest absolute Gasteiger partial charge is 0.0241 e. The molecule has 5 atom stereocenters. The van der Waals surface area contributed by atoms with Gasteiger partial charge >= 0.3 is 0 Å². The second-order valence-corrected chi connectivity index (χ2v) is 7.28. The third kappa shape index (κ3) is 4.19. The third-order valence-corrected chi connectivity index (χ3v) is 5.80. The third-order valence-electron chi connectivity index (χ3n) is 5.80. The van der Waals surface area contributed by atoms with E-state index in [1.807, 2.05) is 0 Å². The lowest BCUT2D eigenvalue weighted by Gasteiger charge is -2.42. The Morgan fingerprint density at radius 1 is 1.11 bits per heavy atom. The lowest BCUT2D eigenvalue weighted by molar-refractivity contribution is 0.103. The molecule has 0 radical (unpaired) electrons. The second kappa shape index (κ2) is 7.64. The molecule has 2 fully saturated rings. The zero-order chi connectivity index (χ0) is 13.7. The summed E-state index contributed by atoms with van der Waals surface area (Å²) in [7, 11) is 0. The predicted octanol–water partition coefficient (Wildman–Crippen LogP) is 4.25. The first-order chi connectivity index (χ1) is 9.24. The molecule has 0 bridgehead atoms. The van der Waals surface area contributed by atoms with Gasteiger partial charge in [-0.15, -0.1) is 0 Å². The van der Waals surface area contributed by atoms with Gasteiger partial charge in [-0.05, 0) is 49.4 Å². The molecule has 0 heterocycles. The summed E-state index contributed by atoms with van der Waals surface area (Å²) in [6.07, 6.45) is 14.2. The minimum absolute atomic E-state index is 0.560. The monoisotopic (exact) mass is 266 g/mol. The van der Waals surface area contributed by atoms with Crippen LogP contribution >= 0.6 is 0 Å². The molecule has 2 heteroatoms. The zero-order valence-electron chi connectivity index (χ0n) is 13.0. The molecule has 2 aliphatic rings. The van der Waals surface area contributed by atoms with Gasteiger partial charge in [0.1, 0.15) is 0 Å². The van der Waals surface area contributed by atoms with E-state index in [0.29, 0.717) is 6.04 Å². The van der Waals surface area contributed by atoms with E-state index < -0.39 is 0 Å². The lowest BCUT2D eigenvalue weighted by atomic mass is 9.65. The maximum Gasteiger partial charge on any atom is 0.0241 e. The molecule has 2 saturated carbocycles. The average molecular weight is 266 g/mol. The van der Waals surface area contributed by atoms with Crippen LogP contribution in [0.4, 0.5) is 0 Å². The Hall–Kier alpha value is -0.0800. The van der Waals surface area contributed by atoms with Crippen molar-refractivity contribution >= 4 is 0 Å². The summed E-state index contributed by atoms with van der Waals surface area (Å²) >= 11 is 0. The van der Waals surface area contributed by atoms with Crippen LogP contribution in [-0.2, 0) is 0 Å². The standard InChI is InChI=1S/C17H34N2/c1-3-6-13(2)11-17(19-18)16-10-9-14-7-4-5-8-15(14)12-16/h13-17,19H,3-12,18H2,1-2H3. The van der Waals surface area contributed by atoms with E-state index in [9.17, 15) is 0 Å². The summed E-state index contributed by atoms with van der Waals surface area (Å²) in [6.45, 7) is 4.68. The van der Waals surface area contributed by atoms with E-state index in [2.05, 4.69) is 19.3 Å².